The number of carbonyl (C=O) groups is 2. The van der Waals surface area contributed by atoms with Crippen LogP contribution in [0.5, 0.6) is 5.75 Å². The Bertz CT molecular complexity index is 974. The molecule has 0 fully saturated rings. The number of hydrogen-bond donors (Lipinski definition) is 1. The standard InChI is InChI=1S/C19H20FNO6S/c1-3-9-21-28(24,25)15-6-4-5-14(10-15)19(23)27-12-17(22)13-7-8-18(26-2)16(20)11-13/h4-8,10-11,21H,3,9,12H2,1-2H3. The van der Waals surface area contributed by atoms with E-state index in [0.717, 1.165) is 12.1 Å². The third kappa shape index (κ3) is 5.37. The SMILES string of the molecule is CCCNS(=O)(=O)c1cccc(C(=O)OCC(=O)c2ccc(OC)c(F)c2)c1. The molecule has 0 unspecified atom stereocenters. The number of methoxy groups -OCH3 is 1. The lowest BCUT2D eigenvalue weighted by Crippen LogP contribution is -2.24. The van der Waals surface area contributed by atoms with E-state index >= 15 is 0 Å². The molecule has 0 saturated carbocycles. The largest absolute Gasteiger partial charge is 0.494 e. The molecule has 0 spiro atoms. The van der Waals surface area contributed by atoms with E-state index in [1.54, 1.807) is 0 Å². The molecule has 0 aliphatic carbocycles. The number of nitrogens with one attached hydrogen (secondary N) is 1. The van der Waals surface area contributed by atoms with Gasteiger partial charge in [0.2, 0.25) is 10.0 Å². The fraction of sp³-hybridized carbons (Fsp3) is 0.263. The van der Waals surface area contributed by atoms with Gasteiger partial charge in [-0.1, -0.05) is 13.0 Å². The summed E-state index contributed by atoms with van der Waals surface area (Å²) in [6.45, 7) is 1.47. The molecule has 0 aliphatic rings. The molecule has 0 bridgehead atoms. The topological polar surface area (TPSA) is 98.8 Å². The summed E-state index contributed by atoms with van der Waals surface area (Å²) in [5, 5.41) is 0. The molecule has 9 heteroatoms. The van der Waals surface area contributed by atoms with Crippen LogP contribution in [0.25, 0.3) is 0 Å². The van der Waals surface area contributed by atoms with Gasteiger partial charge in [-0.05, 0) is 42.8 Å². The van der Waals surface area contributed by atoms with E-state index < -0.39 is 34.2 Å². The lowest BCUT2D eigenvalue weighted by Gasteiger charge is -2.08. The van der Waals surface area contributed by atoms with Gasteiger partial charge in [-0.15, -0.1) is 0 Å². The van der Waals surface area contributed by atoms with Crippen molar-refractivity contribution in [3.63, 3.8) is 0 Å². The Morgan fingerprint density at radius 1 is 1.11 bits per heavy atom. The Morgan fingerprint density at radius 2 is 1.86 bits per heavy atom. The Kier molecular flexibility index (Phi) is 7.24. The zero-order chi connectivity index (χ0) is 20.7. The predicted octanol–water partition coefficient (Wildman–Crippen LogP) is 2.56. The van der Waals surface area contributed by atoms with Crippen molar-refractivity contribution in [2.24, 2.45) is 0 Å². The second-order valence-corrected chi connectivity index (χ2v) is 7.54. The number of Topliss-reactive ketones (excluding diaryl/α,β-unsaturated/α-hetero) is 1. The molecular formula is C19H20FNO6S. The van der Waals surface area contributed by atoms with Gasteiger partial charge in [-0.3, -0.25) is 4.79 Å². The van der Waals surface area contributed by atoms with E-state index in [2.05, 4.69) is 4.72 Å². The van der Waals surface area contributed by atoms with E-state index in [-0.39, 0.29) is 28.3 Å². The van der Waals surface area contributed by atoms with Gasteiger partial charge in [0.25, 0.3) is 0 Å². The monoisotopic (exact) mass is 409 g/mol. The summed E-state index contributed by atoms with van der Waals surface area (Å²) < 4.78 is 50.1. The van der Waals surface area contributed by atoms with Gasteiger partial charge in [0, 0.05) is 12.1 Å². The highest BCUT2D eigenvalue weighted by atomic mass is 32.2. The first-order chi connectivity index (χ1) is 13.3. The summed E-state index contributed by atoms with van der Waals surface area (Å²) in [5.74, 6) is -2.20. The second kappa shape index (κ2) is 9.43. The number of ketones is 1. The molecule has 0 amide bonds. The summed E-state index contributed by atoms with van der Waals surface area (Å²) >= 11 is 0. The van der Waals surface area contributed by atoms with Crippen molar-refractivity contribution in [1.82, 2.24) is 4.72 Å². The van der Waals surface area contributed by atoms with Crippen molar-refractivity contribution in [2.75, 3.05) is 20.3 Å². The summed E-state index contributed by atoms with van der Waals surface area (Å²) in [6.07, 6.45) is 0.620. The highest BCUT2D eigenvalue weighted by Crippen LogP contribution is 2.18. The quantitative estimate of drug-likeness (QED) is 0.505. The van der Waals surface area contributed by atoms with E-state index in [1.165, 1.54) is 37.4 Å². The Hall–Kier alpha value is -2.78. The van der Waals surface area contributed by atoms with Crippen molar-refractivity contribution >= 4 is 21.8 Å². The third-order valence-corrected chi connectivity index (χ3v) is 5.19. The number of benzene rings is 2. The fourth-order valence-corrected chi connectivity index (χ4v) is 3.43. The van der Waals surface area contributed by atoms with Crippen LogP contribution in [0.2, 0.25) is 0 Å². The van der Waals surface area contributed by atoms with Gasteiger partial charge < -0.3 is 9.47 Å². The zero-order valence-electron chi connectivity index (χ0n) is 15.4. The van der Waals surface area contributed by atoms with Crippen LogP contribution in [0, 0.1) is 5.82 Å². The van der Waals surface area contributed by atoms with Crippen molar-refractivity contribution in [3.05, 3.63) is 59.4 Å². The highest BCUT2D eigenvalue weighted by molar-refractivity contribution is 7.89. The van der Waals surface area contributed by atoms with E-state index in [1.807, 2.05) is 6.92 Å². The first-order valence-corrected chi connectivity index (χ1v) is 9.90. The highest BCUT2D eigenvalue weighted by Gasteiger charge is 2.18. The molecule has 7 nitrogen and oxygen atoms in total. The molecule has 0 atom stereocenters. The van der Waals surface area contributed by atoms with Crippen LogP contribution in [0.4, 0.5) is 4.39 Å². The first kappa shape index (κ1) is 21.5. The molecule has 0 radical (unpaired) electrons. The normalized spacial score (nSPS) is 11.1. The molecule has 150 valence electrons. The molecule has 0 aromatic heterocycles. The number of carbonyl (C=O) groups excluding carboxylic acids is 2. The molecule has 0 saturated heterocycles. The molecule has 2 aromatic rings. The minimum absolute atomic E-state index is 0.0109. The molecule has 0 heterocycles. The molecule has 2 aromatic carbocycles. The third-order valence-electron chi connectivity index (χ3n) is 3.73. The average molecular weight is 409 g/mol. The number of halogens is 1. The predicted molar refractivity (Wildman–Crippen MR) is 99.5 cm³/mol. The number of sulfonamides is 1. The second-order valence-electron chi connectivity index (χ2n) is 5.77. The van der Waals surface area contributed by atoms with E-state index in [0.29, 0.717) is 6.42 Å². The maximum absolute atomic E-state index is 13.7. The van der Waals surface area contributed by atoms with Crippen molar-refractivity contribution in [3.8, 4) is 5.75 Å². The Balaban J connectivity index is 2.06. The molecular weight excluding hydrogens is 389 g/mol. The van der Waals surface area contributed by atoms with Crippen molar-refractivity contribution in [1.29, 1.82) is 0 Å². The number of rotatable bonds is 9. The maximum Gasteiger partial charge on any atom is 0.338 e. The minimum atomic E-state index is -3.74. The summed E-state index contributed by atoms with van der Waals surface area (Å²) in [5.41, 5.74) is -0.000668. The van der Waals surface area contributed by atoms with Crippen LogP contribution in [-0.4, -0.2) is 40.4 Å². The fourth-order valence-electron chi connectivity index (χ4n) is 2.25. The van der Waals surface area contributed by atoms with Gasteiger partial charge in [-0.2, -0.15) is 0 Å². The van der Waals surface area contributed by atoms with Crippen LogP contribution < -0.4 is 9.46 Å². The van der Waals surface area contributed by atoms with Gasteiger partial charge in [0.1, 0.15) is 0 Å². The number of hydrogen-bond acceptors (Lipinski definition) is 6. The molecule has 1 N–H and O–H groups in total. The van der Waals surface area contributed by atoms with Crippen molar-refractivity contribution in [2.45, 2.75) is 18.2 Å². The van der Waals surface area contributed by atoms with Gasteiger partial charge >= 0.3 is 5.97 Å². The van der Waals surface area contributed by atoms with E-state index in [4.69, 9.17) is 9.47 Å². The van der Waals surface area contributed by atoms with Crippen LogP contribution in [0.15, 0.2) is 47.4 Å². The maximum atomic E-state index is 13.7. The summed E-state index contributed by atoms with van der Waals surface area (Å²) in [6, 6.07) is 8.92. The molecule has 2 rings (SSSR count). The Labute approximate surface area is 162 Å². The van der Waals surface area contributed by atoms with Crippen LogP contribution in [0.3, 0.4) is 0 Å². The van der Waals surface area contributed by atoms with Gasteiger partial charge in [-0.25, -0.2) is 22.3 Å². The Morgan fingerprint density at radius 3 is 2.50 bits per heavy atom. The zero-order valence-corrected chi connectivity index (χ0v) is 16.2. The van der Waals surface area contributed by atoms with Gasteiger partial charge in [0.15, 0.2) is 24.0 Å². The van der Waals surface area contributed by atoms with E-state index in [9.17, 15) is 22.4 Å². The minimum Gasteiger partial charge on any atom is -0.494 e. The smallest absolute Gasteiger partial charge is 0.338 e. The number of esters is 1. The van der Waals surface area contributed by atoms with Crippen LogP contribution in [0.1, 0.15) is 34.1 Å². The van der Waals surface area contributed by atoms with Crippen LogP contribution in [-0.2, 0) is 14.8 Å². The lowest BCUT2D eigenvalue weighted by atomic mass is 10.1. The van der Waals surface area contributed by atoms with Crippen molar-refractivity contribution < 1.29 is 31.9 Å². The lowest BCUT2D eigenvalue weighted by molar-refractivity contribution is 0.0474. The molecule has 0 aliphatic heterocycles. The first-order valence-electron chi connectivity index (χ1n) is 8.42. The molecule has 28 heavy (non-hydrogen) atoms. The summed E-state index contributed by atoms with van der Waals surface area (Å²) in [7, 11) is -2.44. The van der Waals surface area contributed by atoms with Crippen LogP contribution >= 0.6 is 0 Å². The number of ether oxygens (including phenoxy) is 2. The van der Waals surface area contributed by atoms with Gasteiger partial charge in [0.05, 0.1) is 17.6 Å². The average Bonchev–Trinajstić information content (AvgIpc) is 2.70. The summed E-state index contributed by atoms with van der Waals surface area (Å²) in [4.78, 5) is 24.2.